The van der Waals surface area contributed by atoms with E-state index in [1.807, 2.05) is 6.07 Å². The number of rotatable bonds is 5. The third-order valence-corrected chi connectivity index (χ3v) is 2.96. The van der Waals surface area contributed by atoms with Crippen LogP contribution >= 0.6 is 0 Å². The van der Waals surface area contributed by atoms with E-state index < -0.39 is 17.1 Å². The fourth-order valence-corrected chi connectivity index (χ4v) is 1.69. The first-order valence-corrected chi connectivity index (χ1v) is 5.94. The summed E-state index contributed by atoms with van der Waals surface area (Å²) in [4.78, 5) is 24.5. The van der Waals surface area contributed by atoms with Crippen LogP contribution in [0.15, 0.2) is 27.4 Å². The van der Waals surface area contributed by atoms with Crippen molar-refractivity contribution in [2.45, 2.75) is 20.4 Å². The van der Waals surface area contributed by atoms with Gasteiger partial charge in [-0.25, -0.2) is 4.79 Å². The smallest absolute Gasteiger partial charge is 0.417 e. The van der Waals surface area contributed by atoms with Crippen LogP contribution in [0, 0.1) is 5.41 Å². The summed E-state index contributed by atoms with van der Waals surface area (Å²) in [7, 11) is 0. The SMILES string of the molecule is CC(C)(CNCc1ccc2[nH]c(=O)oc2c1)C(=O)O. The molecule has 0 atom stereocenters. The zero-order valence-electron chi connectivity index (χ0n) is 10.8. The van der Waals surface area contributed by atoms with Crippen molar-refractivity contribution < 1.29 is 14.3 Å². The Hall–Kier alpha value is -2.08. The fraction of sp³-hybridized carbons (Fsp3) is 0.385. The van der Waals surface area contributed by atoms with Gasteiger partial charge in [0, 0.05) is 13.1 Å². The molecule has 0 radical (unpaired) electrons. The minimum atomic E-state index is -0.841. The molecule has 0 aliphatic rings. The zero-order chi connectivity index (χ0) is 14.0. The minimum Gasteiger partial charge on any atom is -0.481 e. The summed E-state index contributed by atoms with van der Waals surface area (Å²) in [6.07, 6.45) is 0. The molecule has 6 heteroatoms. The summed E-state index contributed by atoms with van der Waals surface area (Å²) in [5.74, 6) is -1.32. The highest BCUT2D eigenvalue weighted by Crippen LogP contribution is 2.15. The molecule has 1 aromatic heterocycles. The van der Waals surface area contributed by atoms with Gasteiger partial charge in [-0.15, -0.1) is 0 Å². The number of benzene rings is 1. The Labute approximate surface area is 109 Å². The molecule has 0 bridgehead atoms. The Balaban J connectivity index is 2.02. The standard InChI is InChI=1S/C13H16N2O4/c1-13(2,11(16)17)7-14-6-8-3-4-9-10(5-8)19-12(18)15-9/h3-5,14H,6-7H2,1-2H3,(H,15,18)(H,16,17). The van der Waals surface area contributed by atoms with E-state index in [1.54, 1.807) is 26.0 Å². The van der Waals surface area contributed by atoms with Crippen molar-refractivity contribution in [1.82, 2.24) is 10.3 Å². The summed E-state index contributed by atoms with van der Waals surface area (Å²) in [6.45, 7) is 4.20. The number of oxazole rings is 1. The Morgan fingerprint density at radius 1 is 1.47 bits per heavy atom. The van der Waals surface area contributed by atoms with Crippen molar-refractivity contribution in [2.24, 2.45) is 5.41 Å². The maximum Gasteiger partial charge on any atom is 0.417 e. The van der Waals surface area contributed by atoms with Crippen LogP contribution in [-0.4, -0.2) is 22.6 Å². The van der Waals surface area contributed by atoms with Crippen molar-refractivity contribution in [3.63, 3.8) is 0 Å². The van der Waals surface area contributed by atoms with Crippen LogP contribution in [0.1, 0.15) is 19.4 Å². The average molecular weight is 264 g/mol. The lowest BCUT2D eigenvalue weighted by Gasteiger charge is -2.19. The second-order valence-corrected chi connectivity index (χ2v) is 5.14. The monoisotopic (exact) mass is 264 g/mol. The molecular weight excluding hydrogens is 248 g/mol. The second kappa shape index (κ2) is 4.89. The molecule has 3 N–H and O–H groups in total. The average Bonchev–Trinajstić information content (AvgIpc) is 2.68. The van der Waals surface area contributed by atoms with E-state index >= 15 is 0 Å². The normalized spacial score (nSPS) is 11.9. The first-order valence-electron chi connectivity index (χ1n) is 5.94. The van der Waals surface area contributed by atoms with Crippen LogP contribution in [0.5, 0.6) is 0 Å². The molecule has 1 heterocycles. The van der Waals surface area contributed by atoms with Crippen LogP contribution in [0.3, 0.4) is 0 Å². The Kier molecular flexibility index (Phi) is 3.44. The minimum absolute atomic E-state index is 0.359. The van der Waals surface area contributed by atoms with Gasteiger partial charge in [-0.1, -0.05) is 6.07 Å². The highest BCUT2D eigenvalue weighted by molar-refractivity contribution is 5.74. The lowest BCUT2D eigenvalue weighted by molar-refractivity contribution is -0.146. The largest absolute Gasteiger partial charge is 0.481 e. The van der Waals surface area contributed by atoms with Gasteiger partial charge in [0.05, 0.1) is 10.9 Å². The van der Waals surface area contributed by atoms with Gasteiger partial charge >= 0.3 is 11.7 Å². The van der Waals surface area contributed by atoms with Crippen LogP contribution < -0.4 is 11.1 Å². The van der Waals surface area contributed by atoms with E-state index in [9.17, 15) is 9.59 Å². The van der Waals surface area contributed by atoms with Crippen LogP contribution in [0.4, 0.5) is 0 Å². The number of aromatic nitrogens is 1. The van der Waals surface area contributed by atoms with Gasteiger partial charge in [0.2, 0.25) is 0 Å². The molecule has 0 saturated heterocycles. The van der Waals surface area contributed by atoms with Gasteiger partial charge < -0.3 is 14.8 Å². The molecule has 6 nitrogen and oxygen atoms in total. The van der Waals surface area contributed by atoms with Gasteiger partial charge in [0.25, 0.3) is 0 Å². The molecule has 1 aromatic carbocycles. The lowest BCUT2D eigenvalue weighted by atomic mass is 9.94. The predicted octanol–water partition coefficient (Wildman–Crippen LogP) is 1.32. The molecule has 0 unspecified atom stereocenters. The van der Waals surface area contributed by atoms with Gasteiger partial charge in [0.15, 0.2) is 5.58 Å². The quantitative estimate of drug-likeness (QED) is 0.757. The van der Waals surface area contributed by atoms with Gasteiger partial charge in [0.1, 0.15) is 0 Å². The highest BCUT2D eigenvalue weighted by Gasteiger charge is 2.26. The molecule has 0 spiro atoms. The van der Waals surface area contributed by atoms with E-state index in [0.29, 0.717) is 24.2 Å². The maximum atomic E-state index is 11.0. The van der Waals surface area contributed by atoms with E-state index in [0.717, 1.165) is 5.56 Å². The lowest BCUT2D eigenvalue weighted by Crippen LogP contribution is -2.35. The number of carboxylic acids is 1. The van der Waals surface area contributed by atoms with Gasteiger partial charge in [-0.05, 0) is 31.5 Å². The molecule has 0 fully saturated rings. The van der Waals surface area contributed by atoms with Gasteiger partial charge in [-0.3, -0.25) is 9.78 Å². The number of fused-ring (bicyclic) bond motifs is 1. The number of carboxylic acid groups (broad SMARTS) is 1. The molecule has 2 aromatic rings. The van der Waals surface area contributed by atoms with Crippen molar-refractivity contribution >= 4 is 17.1 Å². The topological polar surface area (TPSA) is 95.3 Å². The second-order valence-electron chi connectivity index (χ2n) is 5.14. The Morgan fingerprint density at radius 2 is 2.21 bits per heavy atom. The summed E-state index contributed by atoms with van der Waals surface area (Å²) < 4.78 is 4.96. The van der Waals surface area contributed by atoms with E-state index in [2.05, 4.69) is 10.3 Å². The fourth-order valence-electron chi connectivity index (χ4n) is 1.69. The summed E-state index contributed by atoms with van der Waals surface area (Å²) >= 11 is 0. The third-order valence-electron chi connectivity index (χ3n) is 2.96. The number of carbonyl (C=O) groups is 1. The molecule has 0 aliphatic heterocycles. The van der Waals surface area contributed by atoms with E-state index in [1.165, 1.54) is 0 Å². The third kappa shape index (κ3) is 3.03. The van der Waals surface area contributed by atoms with Crippen molar-refractivity contribution in [3.8, 4) is 0 Å². The number of hydrogen-bond donors (Lipinski definition) is 3. The van der Waals surface area contributed by atoms with E-state index in [-0.39, 0.29) is 0 Å². The predicted molar refractivity (Wildman–Crippen MR) is 70.0 cm³/mol. The molecule has 19 heavy (non-hydrogen) atoms. The van der Waals surface area contributed by atoms with Gasteiger partial charge in [-0.2, -0.15) is 0 Å². The summed E-state index contributed by atoms with van der Waals surface area (Å²) in [5.41, 5.74) is 1.27. The first-order chi connectivity index (χ1) is 8.88. The molecule has 0 aliphatic carbocycles. The number of nitrogens with one attached hydrogen (secondary N) is 2. The zero-order valence-corrected chi connectivity index (χ0v) is 10.8. The number of aliphatic carboxylic acids is 1. The Bertz CT molecular complexity index is 654. The Morgan fingerprint density at radius 3 is 2.89 bits per heavy atom. The molecule has 102 valence electrons. The number of hydrogen-bond acceptors (Lipinski definition) is 4. The molecule has 2 rings (SSSR count). The van der Waals surface area contributed by atoms with Crippen molar-refractivity contribution in [1.29, 1.82) is 0 Å². The molecule has 0 saturated carbocycles. The number of H-pyrrole nitrogens is 1. The molecule has 0 amide bonds. The highest BCUT2D eigenvalue weighted by atomic mass is 16.4. The van der Waals surface area contributed by atoms with Crippen LogP contribution in [0.25, 0.3) is 11.1 Å². The summed E-state index contributed by atoms with van der Waals surface area (Å²) in [5, 5.41) is 12.1. The van der Waals surface area contributed by atoms with Crippen LogP contribution in [-0.2, 0) is 11.3 Å². The van der Waals surface area contributed by atoms with Crippen LogP contribution in [0.2, 0.25) is 0 Å². The maximum absolute atomic E-state index is 11.0. The number of aromatic amines is 1. The first kappa shape index (κ1) is 13.4. The van der Waals surface area contributed by atoms with E-state index in [4.69, 9.17) is 9.52 Å². The summed E-state index contributed by atoms with van der Waals surface area (Å²) in [6, 6.07) is 5.38. The van der Waals surface area contributed by atoms with Crippen molar-refractivity contribution in [2.75, 3.05) is 6.54 Å². The molecular formula is C13H16N2O4. The van der Waals surface area contributed by atoms with Crippen molar-refractivity contribution in [3.05, 3.63) is 34.3 Å².